The third-order valence-electron chi connectivity index (χ3n) is 0.899. The third-order valence-corrected chi connectivity index (χ3v) is 0.899. The number of hydrogen-bond donors (Lipinski definition) is 1. The minimum atomic E-state index is 0.855. The molecule has 0 heterocycles. The molecule has 0 bridgehead atoms. The molecule has 0 saturated heterocycles. The fourth-order valence-electron chi connectivity index (χ4n) is 0.394. The van der Waals surface area contributed by atoms with Crippen molar-refractivity contribution < 1.29 is 0 Å². The van der Waals surface area contributed by atoms with Gasteiger partial charge in [-0.3, -0.25) is 0 Å². The molecule has 0 aromatic heterocycles. The summed E-state index contributed by atoms with van der Waals surface area (Å²) in [6, 6.07) is 1.69. The zero-order valence-electron chi connectivity index (χ0n) is 6.64. The lowest BCUT2D eigenvalue weighted by molar-refractivity contribution is 0.727. The second-order valence-electron chi connectivity index (χ2n) is 1.83. The zero-order valence-corrected chi connectivity index (χ0v) is 6.64. The van der Waals surface area contributed by atoms with Crippen LogP contribution >= 0.6 is 0 Å². The van der Waals surface area contributed by atoms with E-state index in [-0.39, 0.29) is 0 Å². The number of rotatable bonds is 3. The van der Waals surface area contributed by atoms with Gasteiger partial charge in [0, 0.05) is 6.08 Å². The molecule has 0 amide bonds. The molecule has 0 fully saturated rings. The van der Waals surface area contributed by atoms with Crippen molar-refractivity contribution in [2.45, 2.75) is 26.2 Å². The van der Waals surface area contributed by atoms with Gasteiger partial charge in [0.1, 0.15) is 0 Å². The Morgan fingerprint density at radius 3 is 2.20 bits per heavy atom. The lowest BCUT2D eigenvalue weighted by atomic mass is 10.3. The van der Waals surface area contributed by atoms with Crippen LogP contribution in [0.1, 0.15) is 26.2 Å². The van der Waals surface area contributed by atoms with Crippen molar-refractivity contribution in [1.82, 2.24) is 0 Å². The van der Waals surface area contributed by atoms with Gasteiger partial charge in [-0.25, -0.2) is 0 Å². The second kappa shape index (κ2) is 15.7. The van der Waals surface area contributed by atoms with Gasteiger partial charge >= 0.3 is 0 Å². The average Bonchev–Trinajstić information content (AvgIpc) is 2.01. The topological polar surface area (TPSA) is 49.8 Å². The van der Waals surface area contributed by atoms with E-state index in [1.807, 2.05) is 0 Å². The number of nitrogens with zero attached hydrogens (tertiary/aromatic N) is 1. The predicted molar refractivity (Wildman–Crippen MR) is 44.4 cm³/mol. The zero-order chi connectivity index (χ0) is 8.24. The van der Waals surface area contributed by atoms with Gasteiger partial charge in [-0.2, -0.15) is 5.26 Å². The van der Waals surface area contributed by atoms with E-state index in [0.29, 0.717) is 0 Å². The Balaban J connectivity index is 0. The summed E-state index contributed by atoms with van der Waals surface area (Å²) in [5.41, 5.74) is 5.21. The highest BCUT2D eigenvalue weighted by molar-refractivity contribution is 4.93. The number of allylic oxidation sites excluding steroid dienone is 1. The van der Waals surface area contributed by atoms with E-state index >= 15 is 0 Å². The largest absolute Gasteiger partial charge is 0.330 e. The van der Waals surface area contributed by atoms with Gasteiger partial charge in [-0.15, -0.1) is 0 Å². The van der Waals surface area contributed by atoms with Crippen molar-refractivity contribution in [3.63, 3.8) is 0 Å². The van der Waals surface area contributed by atoms with Crippen molar-refractivity contribution in [3.05, 3.63) is 12.7 Å². The molecule has 0 rings (SSSR count). The van der Waals surface area contributed by atoms with Gasteiger partial charge in [0.2, 0.25) is 0 Å². The van der Waals surface area contributed by atoms with Crippen LogP contribution in [0.4, 0.5) is 0 Å². The van der Waals surface area contributed by atoms with Gasteiger partial charge in [-0.1, -0.05) is 26.3 Å². The molecule has 0 aromatic carbocycles. The van der Waals surface area contributed by atoms with Crippen LogP contribution in [-0.2, 0) is 0 Å². The molecule has 0 saturated carbocycles. The summed E-state index contributed by atoms with van der Waals surface area (Å²) < 4.78 is 0. The molecule has 0 radical (unpaired) electrons. The molecule has 58 valence electrons. The second-order valence-corrected chi connectivity index (χ2v) is 1.83. The standard InChI is InChI=1S/C5H13N.C3H3N/c1-2-3-4-5-6;1-2-3-4/h2-6H2,1H3;2H,1H2. The first-order valence-electron chi connectivity index (χ1n) is 3.54. The third kappa shape index (κ3) is 27.1. The summed E-state index contributed by atoms with van der Waals surface area (Å²) in [4.78, 5) is 0. The van der Waals surface area contributed by atoms with E-state index in [4.69, 9.17) is 11.0 Å². The van der Waals surface area contributed by atoms with Gasteiger partial charge in [0.05, 0.1) is 6.07 Å². The van der Waals surface area contributed by atoms with Crippen LogP contribution in [0.5, 0.6) is 0 Å². The lowest BCUT2D eigenvalue weighted by Crippen LogP contribution is -1.96. The maximum absolute atomic E-state index is 7.51. The molecule has 2 heteroatoms. The molecule has 0 aliphatic carbocycles. The highest BCUT2D eigenvalue weighted by Gasteiger charge is 1.75. The van der Waals surface area contributed by atoms with E-state index in [0.717, 1.165) is 6.54 Å². The molecule has 0 aromatic rings. The molecule has 0 aliphatic rings. The maximum Gasteiger partial charge on any atom is 0.0905 e. The summed E-state index contributed by atoms with van der Waals surface area (Å²) in [7, 11) is 0. The Labute approximate surface area is 63.3 Å². The van der Waals surface area contributed by atoms with Gasteiger partial charge in [-0.05, 0) is 13.0 Å². The Morgan fingerprint density at radius 1 is 1.60 bits per heavy atom. The first-order valence-corrected chi connectivity index (χ1v) is 3.54. The van der Waals surface area contributed by atoms with Crippen molar-refractivity contribution >= 4 is 0 Å². The molecule has 10 heavy (non-hydrogen) atoms. The number of hydrogen-bond acceptors (Lipinski definition) is 2. The minimum absolute atomic E-state index is 0.855. The Morgan fingerprint density at radius 2 is 2.10 bits per heavy atom. The fourth-order valence-corrected chi connectivity index (χ4v) is 0.394. The average molecular weight is 140 g/mol. The van der Waals surface area contributed by atoms with Gasteiger partial charge in [0.15, 0.2) is 0 Å². The van der Waals surface area contributed by atoms with Crippen molar-refractivity contribution in [1.29, 1.82) is 5.26 Å². The highest BCUT2D eigenvalue weighted by atomic mass is 14.5. The SMILES string of the molecule is C=CC#N.CCCCCN. The molecular formula is C8H16N2. The van der Waals surface area contributed by atoms with Crippen molar-refractivity contribution in [2.75, 3.05) is 6.54 Å². The Bertz CT molecular complexity index is 87.9. The Kier molecular flexibility index (Phi) is 18.7. The van der Waals surface area contributed by atoms with E-state index in [2.05, 4.69) is 13.5 Å². The summed E-state index contributed by atoms with van der Waals surface area (Å²) in [6.07, 6.45) is 4.93. The first-order chi connectivity index (χ1) is 4.83. The monoisotopic (exact) mass is 140 g/mol. The molecule has 2 N–H and O–H groups in total. The van der Waals surface area contributed by atoms with Crippen LogP contribution in [0.15, 0.2) is 12.7 Å². The van der Waals surface area contributed by atoms with Crippen LogP contribution in [0, 0.1) is 11.3 Å². The number of unbranched alkanes of at least 4 members (excludes halogenated alkanes) is 2. The highest BCUT2D eigenvalue weighted by Crippen LogP contribution is 1.88. The fraction of sp³-hybridized carbons (Fsp3) is 0.625. The Hall–Kier alpha value is -0.810. The molecule has 0 spiro atoms. The van der Waals surface area contributed by atoms with Crippen LogP contribution in [0.25, 0.3) is 0 Å². The minimum Gasteiger partial charge on any atom is -0.330 e. The summed E-state index contributed by atoms with van der Waals surface area (Å²) in [5, 5.41) is 7.51. The van der Waals surface area contributed by atoms with Crippen molar-refractivity contribution in [2.24, 2.45) is 5.73 Å². The predicted octanol–water partition coefficient (Wildman–Crippen LogP) is 1.83. The van der Waals surface area contributed by atoms with E-state index < -0.39 is 0 Å². The van der Waals surface area contributed by atoms with Crippen LogP contribution in [-0.4, -0.2) is 6.54 Å². The summed E-state index contributed by atoms with van der Waals surface area (Å²) in [6.45, 7) is 6.15. The normalized spacial score (nSPS) is 6.90. The lowest BCUT2D eigenvalue weighted by Gasteiger charge is -1.86. The van der Waals surface area contributed by atoms with Crippen LogP contribution in [0.2, 0.25) is 0 Å². The van der Waals surface area contributed by atoms with Crippen LogP contribution in [0.3, 0.4) is 0 Å². The smallest absolute Gasteiger partial charge is 0.0905 e. The molecule has 0 unspecified atom stereocenters. The van der Waals surface area contributed by atoms with E-state index in [9.17, 15) is 0 Å². The summed E-state index contributed by atoms with van der Waals surface area (Å²) in [5.74, 6) is 0. The van der Waals surface area contributed by atoms with Gasteiger partial charge < -0.3 is 5.73 Å². The molecule has 2 nitrogen and oxygen atoms in total. The molecule has 0 aliphatic heterocycles. The maximum atomic E-state index is 7.51. The number of nitrogens with two attached hydrogens (primary N) is 1. The molecular weight excluding hydrogens is 124 g/mol. The van der Waals surface area contributed by atoms with Crippen LogP contribution < -0.4 is 5.73 Å². The van der Waals surface area contributed by atoms with Gasteiger partial charge in [0.25, 0.3) is 0 Å². The quantitative estimate of drug-likeness (QED) is 0.480. The molecule has 0 atom stereocenters. The van der Waals surface area contributed by atoms with Crippen molar-refractivity contribution in [3.8, 4) is 6.07 Å². The summed E-state index contributed by atoms with van der Waals surface area (Å²) >= 11 is 0. The number of nitriles is 1. The van der Waals surface area contributed by atoms with E-state index in [1.165, 1.54) is 25.3 Å². The first kappa shape index (κ1) is 11.9. The van der Waals surface area contributed by atoms with E-state index in [1.54, 1.807) is 6.07 Å².